The normalized spacial score (nSPS) is 30.4. The molecule has 3 unspecified atom stereocenters. The van der Waals surface area contributed by atoms with Crippen molar-refractivity contribution in [1.82, 2.24) is 0 Å². The van der Waals surface area contributed by atoms with Gasteiger partial charge in [-0.25, -0.2) is 0 Å². The van der Waals surface area contributed by atoms with Crippen molar-refractivity contribution in [2.24, 2.45) is 0 Å². The van der Waals surface area contributed by atoms with E-state index in [9.17, 15) is 9.90 Å². The molecule has 2 bridgehead atoms. The fourth-order valence-electron chi connectivity index (χ4n) is 4.95. The third-order valence-electron chi connectivity index (χ3n) is 6.55. The molecular weight excluding hydrogens is 474 g/mol. The lowest BCUT2D eigenvalue weighted by molar-refractivity contribution is -0.949. The number of fused-ring (bicyclic) bond motifs is 2. The molecule has 27 heavy (non-hydrogen) atoms. The molecule has 0 aromatic heterocycles. The van der Waals surface area contributed by atoms with Gasteiger partial charge in [0.2, 0.25) is 0 Å². The molecule has 2 aliphatic rings. The topological polar surface area (TPSA) is 46.5 Å². The smallest absolute Gasteiger partial charge is 0.316 e. The predicted octanol–water partition coefficient (Wildman–Crippen LogP) is 0.625. The largest absolute Gasteiger partial charge is 1.00 e. The van der Waals surface area contributed by atoms with Crippen LogP contribution in [0.25, 0.3) is 0 Å². The molecule has 0 spiro atoms. The molecule has 5 atom stereocenters. The van der Waals surface area contributed by atoms with Gasteiger partial charge in [-0.2, -0.15) is 0 Å². The number of benzene rings is 1. The molecule has 6 heteroatoms. The monoisotopic (exact) mass is 503 g/mol. The third kappa shape index (κ3) is 5.14. The van der Waals surface area contributed by atoms with Gasteiger partial charge in [0.25, 0.3) is 0 Å². The summed E-state index contributed by atoms with van der Waals surface area (Å²) in [4.78, 5) is 12.7. The van der Waals surface area contributed by atoms with Gasteiger partial charge in [-0.05, 0) is 18.4 Å². The first kappa shape index (κ1) is 22.9. The Morgan fingerprint density at radius 3 is 2.41 bits per heavy atom. The summed E-state index contributed by atoms with van der Waals surface area (Å²) in [5.74, 6) is -0.853. The Labute approximate surface area is 181 Å². The molecule has 0 radical (unpaired) electrons. The molecule has 1 aromatic carbocycles. The van der Waals surface area contributed by atoms with E-state index in [4.69, 9.17) is 4.74 Å². The fraction of sp³-hybridized carbons (Fsp3) is 0.667. The number of hydrogen-bond donors (Lipinski definition) is 1. The minimum absolute atomic E-state index is 0. The van der Waals surface area contributed by atoms with Crippen LogP contribution in [0.2, 0.25) is 0 Å². The molecule has 152 valence electrons. The second kappa shape index (κ2) is 10.4. The summed E-state index contributed by atoms with van der Waals surface area (Å²) in [6.07, 6.45) is 6.87. The van der Waals surface area contributed by atoms with Gasteiger partial charge in [0.05, 0.1) is 32.3 Å². The van der Waals surface area contributed by atoms with E-state index in [0.29, 0.717) is 12.1 Å². The van der Waals surface area contributed by atoms with Crippen LogP contribution in [0.5, 0.6) is 0 Å². The van der Waals surface area contributed by atoms with Crippen molar-refractivity contribution < 1.29 is 36.1 Å². The van der Waals surface area contributed by atoms with E-state index in [-0.39, 0.29) is 35.7 Å². The number of ether oxygens (including phenoxy) is 1. The van der Waals surface area contributed by atoms with Crippen LogP contribution in [0.1, 0.15) is 50.0 Å². The molecule has 0 aliphatic carbocycles. The van der Waals surface area contributed by atoms with Crippen molar-refractivity contribution in [2.45, 2.75) is 62.6 Å². The number of alkyl halides is 1. The summed E-state index contributed by atoms with van der Waals surface area (Å²) < 4.78 is 7.04. The molecule has 0 saturated carbocycles. The molecule has 2 saturated heterocycles. The van der Waals surface area contributed by atoms with Gasteiger partial charge in [0, 0.05) is 31.0 Å². The maximum absolute atomic E-state index is 12.7. The van der Waals surface area contributed by atoms with Gasteiger partial charge in [-0.15, -0.1) is 0 Å². The Kier molecular flexibility index (Phi) is 8.78. The molecule has 3 rings (SSSR count). The number of rotatable bonds is 8. The van der Waals surface area contributed by atoms with E-state index >= 15 is 0 Å². The number of aliphatic hydroxyl groups is 1. The number of unbranched alkanes of at least 4 members (excludes halogenated alkanes) is 1. The van der Waals surface area contributed by atoms with Gasteiger partial charge in [-0.3, -0.25) is 4.79 Å². The van der Waals surface area contributed by atoms with Crippen molar-refractivity contribution in [3.63, 3.8) is 0 Å². The zero-order chi connectivity index (χ0) is 18.6. The molecule has 2 fully saturated rings. The van der Waals surface area contributed by atoms with Crippen LogP contribution >= 0.6 is 15.9 Å². The number of esters is 1. The van der Waals surface area contributed by atoms with Crippen LogP contribution in [0.15, 0.2) is 30.3 Å². The average molecular weight is 505 g/mol. The summed E-state index contributed by atoms with van der Waals surface area (Å²) in [7, 11) is 2.40. The van der Waals surface area contributed by atoms with E-state index < -0.39 is 5.92 Å². The molecular formula is C21H31Br2NO3. The summed E-state index contributed by atoms with van der Waals surface area (Å²) in [5, 5.41) is 10.8. The van der Waals surface area contributed by atoms with Crippen molar-refractivity contribution in [3.05, 3.63) is 35.9 Å². The number of carbonyl (C=O) groups is 1. The molecule has 2 heterocycles. The number of aliphatic hydroxyl groups excluding tert-OH is 1. The quantitative estimate of drug-likeness (QED) is 0.244. The highest BCUT2D eigenvalue weighted by Crippen LogP contribution is 2.42. The fourth-order valence-corrected chi connectivity index (χ4v) is 5.35. The number of carbonyl (C=O) groups excluding carboxylic acids is 1. The Morgan fingerprint density at radius 2 is 1.85 bits per heavy atom. The standard InChI is InChI=1S/C21H31BrNO3.BrH/c1-23(12-6-5-11-22)17-9-10-18(23)14-19(13-17)26-21(25)20(15-24)16-7-3-2-4-8-16;/h2-4,7-8,17-20,24H,5-6,9-15H2,1H3;1H/q+1;/p-1/t17-,18+,19?,20?,23?;. The first-order chi connectivity index (χ1) is 12.6. The van der Waals surface area contributed by atoms with Gasteiger partial charge in [0.1, 0.15) is 12.0 Å². The highest BCUT2D eigenvalue weighted by molar-refractivity contribution is 9.09. The lowest BCUT2D eigenvalue weighted by Crippen LogP contribution is -3.00. The minimum Gasteiger partial charge on any atom is -1.00 e. The Morgan fingerprint density at radius 1 is 1.22 bits per heavy atom. The second-order valence-electron chi connectivity index (χ2n) is 8.03. The highest BCUT2D eigenvalue weighted by Gasteiger charge is 2.52. The van der Waals surface area contributed by atoms with Crippen molar-refractivity contribution >= 4 is 21.9 Å². The number of nitrogens with zero attached hydrogens (tertiary/aromatic N) is 1. The maximum atomic E-state index is 12.7. The van der Waals surface area contributed by atoms with Gasteiger partial charge in [-0.1, -0.05) is 46.3 Å². The summed E-state index contributed by atoms with van der Waals surface area (Å²) in [5.41, 5.74) is 0.828. The summed E-state index contributed by atoms with van der Waals surface area (Å²) in [6, 6.07) is 10.7. The van der Waals surface area contributed by atoms with Crippen molar-refractivity contribution in [2.75, 3.05) is 25.5 Å². The molecule has 1 N–H and O–H groups in total. The number of hydrogen-bond acceptors (Lipinski definition) is 3. The average Bonchev–Trinajstić information content (AvgIpc) is 2.81. The van der Waals surface area contributed by atoms with E-state index in [1.807, 2.05) is 30.3 Å². The lowest BCUT2D eigenvalue weighted by Gasteiger charge is -2.47. The molecule has 4 nitrogen and oxygen atoms in total. The van der Waals surface area contributed by atoms with Crippen LogP contribution in [0.3, 0.4) is 0 Å². The number of halogens is 2. The SMILES string of the molecule is C[N+]1(CCCCBr)[C@@H]2CC[C@H]1CC(OC(=O)C(CO)c1ccccc1)C2.[Br-]. The summed E-state index contributed by atoms with van der Waals surface area (Å²) in [6.45, 7) is 1.02. The number of piperidine rings is 1. The van der Waals surface area contributed by atoms with E-state index in [1.165, 1.54) is 32.2 Å². The Balaban J connectivity index is 0.00000261. The van der Waals surface area contributed by atoms with E-state index in [2.05, 4.69) is 23.0 Å². The summed E-state index contributed by atoms with van der Waals surface area (Å²) >= 11 is 3.53. The minimum atomic E-state index is -0.574. The van der Waals surface area contributed by atoms with E-state index in [0.717, 1.165) is 28.2 Å². The van der Waals surface area contributed by atoms with Gasteiger partial charge < -0.3 is 31.3 Å². The Hall–Kier alpha value is -0.430. The van der Waals surface area contributed by atoms with Crippen molar-refractivity contribution in [1.29, 1.82) is 0 Å². The van der Waals surface area contributed by atoms with Gasteiger partial charge >= 0.3 is 5.97 Å². The first-order valence-corrected chi connectivity index (χ1v) is 11.0. The maximum Gasteiger partial charge on any atom is 0.316 e. The molecule has 0 amide bonds. The van der Waals surface area contributed by atoms with E-state index in [1.54, 1.807) is 0 Å². The first-order valence-electron chi connectivity index (χ1n) is 9.85. The molecule has 2 aliphatic heterocycles. The zero-order valence-corrected chi connectivity index (χ0v) is 19.2. The van der Waals surface area contributed by atoms with Crippen LogP contribution < -0.4 is 17.0 Å². The zero-order valence-electron chi connectivity index (χ0n) is 16.0. The van der Waals surface area contributed by atoms with Crippen LogP contribution in [0, 0.1) is 0 Å². The van der Waals surface area contributed by atoms with Crippen molar-refractivity contribution in [3.8, 4) is 0 Å². The number of quaternary nitrogens is 1. The van der Waals surface area contributed by atoms with Gasteiger partial charge in [0.15, 0.2) is 0 Å². The predicted molar refractivity (Wildman–Crippen MR) is 106 cm³/mol. The van der Waals surface area contributed by atoms with Crippen LogP contribution in [-0.4, -0.2) is 59.3 Å². The highest BCUT2D eigenvalue weighted by atomic mass is 79.9. The molecule has 1 aromatic rings. The lowest BCUT2D eigenvalue weighted by atomic mass is 9.95. The Bertz CT molecular complexity index is 584. The van der Waals surface area contributed by atoms with Crippen LogP contribution in [-0.2, 0) is 9.53 Å². The second-order valence-corrected chi connectivity index (χ2v) is 8.82. The van der Waals surface area contributed by atoms with Crippen LogP contribution in [0.4, 0.5) is 0 Å². The third-order valence-corrected chi connectivity index (χ3v) is 7.11.